The Balaban J connectivity index is 1.89. The molecule has 0 radical (unpaired) electrons. The minimum Gasteiger partial charge on any atom is -0.494 e. The summed E-state index contributed by atoms with van der Waals surface area (Å²) in [6, 6.07) is 15.2. The number of rotatable bonds is 11. The van der Waals surface area contributed by atoms with Crippen LogP contribution in [0.4, 0.5) is 5.69 Å². The lowest BCUT2D eigenvalue weighted by atomic mass is 10.1. The molecule has 1 amide bonds. The number of nitrogens with one attached hydrogen (secondary N) is 1. The molecule has 0 unspecified atom stereocenters. The van der Waals surface area contributed by atoms with E-state index in [0.717, 1.165) is 28.9 Å². The van der Waals surface area contributed by atoms with Gasteiger partial charge in [-0.1, -0.05) is 68.9 Å². The smallest absolute Gasteiger partial charge is 0.266 e. The number of anilines is 1. The number of amides is 1. The molecule has 0 saturated heterocycles. The Morgan fingerprint density at radius 2 is 1.73 bits per heavy atom. The first-order valence-corrected chi connectivity index (χ1v) is 10.8. The van der Waals surface area contributed by atoms with Crippen LogP contribution in [0.15, 0.2) is 48.0 Å². The number of benzene rings is 2. The molecule has 4 nitrogen and oxygen atoms in total. The summed E-state index contributed by atoms with van der Waals surface area (Å²) in [5, 5.41) is 12.2. The predicted molar refractivity (Wildman–Crippen MR) is 123 cm³/mol. The van der Waals surface area contributed by atoms with Gasteiger partial charge in [0.15, 0.2) is 0 Å². The maximum atomic E-state index is 12.5. The third-order valence-electron chi connectivity index (χ3n) is 4.95. The average Bonchev–Trinajstić information content (AvgIpc) is 2.74. The number of carbonyl (C=O) groups is 1. The van der Waals surface area contributed by atoms with Crippen molar-refractivity contribution in [2.24, 2.45) is 0 Å². The van der Waals surface area contributed by atoms with E-state index in [0.29, 0.717) is 12.3 Å². The molecule has 0 spiro atoms. The van der Waals surface area contributed by atoms with Gasteiger partial charge in [0.25, 0.3) is 5.91 Å². The van der Waals surface area contributed by atoms with Gasteiger partial charge in [-0.25, -0.2) is 0 Å². The number of hydrogen-bond acceptors (Lipinski definition) is 3. The number of hydrogen-bond donors (Lipinski definition) is 1. The van der Waals surface area contributed by atoms with Crippen LogP contribution in [0.5, 0.6) is 5.75 Å². The highest BCUT2D eigenvalue weighted by atomic mass is 16.5. The molecule has 158 valence electrons. The Morgan fingerprint density at radius 1 is 1.03 bits per heavy atom. The van der Waals surface area contributed by atoms with Gasteiger partial charge in [-0.3, -0.25) is 4.79 Å². The largest absolute Gasteiger partial charge is 0.494 e. The van der Waals surface area contributed by atoms with Crippen molar-refractivity contribution in [2.45, 2.75) is 59.3 Å². The fourth-order valence-corrected chi connectivity index (χ4v) is 3.19. The van der Waals surface area contributed by atoms with Crippen LogP contribution in [-0.2, 0) is 4.79 Å². The third-order valence-corrected chi connectivity index (χ3v) is 4.95. The molecule has 2 aromatic rings. The van der Waals surface area contributed by atoms with Crippen LogP contribution in [-0.4, -0.2) is 12.5 Å². The van der Waals surface area contributed by atoms with Gasteiger partial charge >= 0.3 is 0 Å². The summed E-state index contributed by atoms with van der Waals surface area (Å²) in [4.78, 5) is 12.5. The van der Waals surface area contributed by atoms with Crippen molar-refractivity contribution in [3.63, 3.8) is 0 Å². The summed E-state index contributed by atoms with van der Waals surface area (Å²) < 4.78 is 5.78. The monoisotopic (exact) mass is 404 g/mol. The number of nitriles is 1. The van der Waals surface area contributed by atoms with Crippen molar-refractivity contribution in [3.8, 4) is 11.8 Å². The summed E-state index contributed by atoms with van der Waals surface area (Å²) in [7, 11) is 0. The second-order valence-corrected chi connectivity index (χ2v) is 7.63. The van der Waals surface area contributed by atoms with Crippen LogP contribution < -0.4 is 10.1 Å². The Bertz CT molecular complexity index is 892. The van der Waals surface area contributed by atoms with E-state index >= 15 is 0 Å². The van der Waals surface area contributed by atoms with E-state index in [-0.39, 0.29) is 5.57 Å². The minimum atomic E-state index is -0.409. The highest BCUT2D eigenvalue weighted by Crippen LogP contribution is 2.19. The van der Waals surface area contributed by atoms with Crippen molar-refractivity contribution in [2.75, 3.05) is 11.9 Å². The van der Waals surface area contributed by atoms with Crippen molar-refractivity contribution in [3.05, 3.63) is 64.7 Å². The quantitative estimate of drug-likeness (QED) is 0.261. The van der Waals surface area contributed by atoms with Crippen LogP contribution >= 0.6 is 0 Å². The summed E-state index contributed by atoms with van der Waals surface area (Å²) in [5.41, 5.74) is 3.66. The van der Waals surface area contributed by atoms with Gasteiger partial charge in [-0.15, -0.1) is 0 Å². The Morgan fingerprint density at radius 3 is 2.40 bits per heavy atom. The highest BCUT2D eigenvalue weighted by molar-refractivity contribution is 6.09. The minimum absolute atomic E-state index is 0.0655. The molecule has 1 N–H and O–H groups in total. The molecule has 0 aromatic heterocycles. The molecular weight excluding hydrogens is 372 g/mol. The van der Waals surface area contributed by atoms with Gasteiger partial charge in [0.2, 0.25) is 0 Å². The number of unbranched alkanes of at least 4 members (excludes halogenated alkanes) is 5. The number of carbonyl (C=O) groups excluding carboxylic acids is 1. The molecular formula is C26H32N2O2. The molecule has 2 aromatic carbocycles. The zero-order valence-electron chi connectivity index (χ0n) is 18.3. The summed E-state index contributed by atoms with van der Waals surface area (Å²) in [5.74, 6) is 0.395. The van der Waals surface area contributed by atoms with E-state index in [2.05, 4.69) is 12.2 Å². The standard InChI is InChI=1S/C26H32N2O2/c1-4-5-6-7-8-9-16-30-24-13-11-22(12-14-24)18-23(19-27)26(29)28-25-15-10-20(2)17-21(25)3/h10-15,17-18H,4-9,16H2,1-3H3,(H,28,29). The molecule has 2 rings (SSSR count). The fraction of sp³-hybridized carbons (Fsp3) is 0.385. The second-order valence-electron chi connectivity index (χ2n) is 7.63. The first-order valence-electron chi connectivity index (χ1n) is 10.8. The molecule has 0 aliphatic heterocycles. The summed E-state index contributed by atoms with van der Waals surface area (Å²) >= 11 is 0. The average molecular weight is 405 g/mol. The van der Waals surface area contributed by atoms with E-state index < -0.39 is 5.91 Å². The van der Waals surface area contributed by atoms with Gasteiger partial charge in [-0.2, -0.15) is 5.26 Å². The Kier molecular flexibility index (Phi) is 9.67. The van der Waals surface area contributed by atoms with Crippen LogP contribution in [0.2, 0.25) is 0 Å². The summed E-state index contributed by atoms with van der Waals surface area (Å²) in [6.45, 7) is 6.87. The van der Waals surface area contributed by atoms with Crippen molar-refractivity contribution in [1.82, 2.24) is 0 Å². The van der Waals surface area contributed by atoms with E-state index in [1.165, 1.54) is 32.1 Å². The van der Waals surface area contributed by atoms with Gasteiger partial charge < -0.3 is 10.1 Å². The first kappa shape index (κ1) is 23.2. The van der Waals surface area contributed by atoms with Crippen LogP contribution in [0, 0.1) is 25.2 Å². The van der Waals surface area contributed by atoms with E-state index in [1.54, 1.807) is 6.08 Å². The topological polar surface area (TPSA) is 62.1 Å². The number of nitrogens with zero attached hydrogens (tertiary/aromatic N) is 1. The second kappa shape index (κ2) is 12.5. The lowest BCUT2D eigenvalue weighted by Gasteiger charge is -2.09. The van der Waals surface area contributed by atoms with Gasteiger partial charge in [0.05, 0.1) is 6.61 Å². The van der Waals surface area contributed by atoms with Gasteiger partial charge in [0.1, 0.15) is 17.4 Å². The summed E-state index contributed by atoms with van der Waals surface area (Å²) in [6.07, 6.45) is 8.99. The molecule has 0 aliphatic rings. The zero-order valence-corrected chi connectivity index (χ0v) is 18.3. The van der Waals surface area contributed by atoms with Crippen LogP contribution in [0.1, 0.15) is 62.1 Å². The predicted octanol–water partition coefficient (Wildman–Crippen LogP) is 6.59. The lowest BCUT2D eigenvalue weighted by molar-refractivity contribution is -0.112. The number of ether oxygens (including phenoxy) is 1. The van der Waals surface area contributed by atoms with Crippen molar-refractivity contribution < 1.29 is 9.53 Å². The van der Waals surface area contributed by atoms with E-state index in [4.69, 9.17) is 4.74 Å². The molecule has 4 heteroatoms. The Labute approximate surface area is 180 Å². The maximum absolute atomic E-state index is 12.5. The zero-order chi connectivity index (χ0) is 21.8. The van der Waals surface area contributed by atoms with Gasteiger partial charge in [0, 0.05) is 5.69 Å². The molecule has 0 bridgehead atoms. The van der Waals surface area contributed by atoms with Crippen molar-refractivity contribution >= 4 is 17.7 Å². The molecule has 0 saturated carbocycles. The SMILES string of the molecule is CCCCCCCCOc1ccc(C=C(C#N)C(=O)Nc2ccc(C)cc2C)cc1. The van der Waals surface area contributed by atoms with Crippen LogP contribution in [0.3, 0.4) is 0 Å². The molecule has 0 atom stereocenters. The number of aryl methyl sites for hydroxylation is 2. The molecule has 0 fully saturated rings. The molecule has 0 aliphatic carbocycles. The third kappa shape index (κ3) is 7.75. The van der Waals surface area contributed by atoms with Crippen molar-refractivity contribution in [1.29, 1.82) is 5.26 Å². The van der Waals surface area contributed by atoms with E-state index in [9.17, 15) is 10.1 Å². The van der Waals surface area contributed by atoms with Crippen LogP contribution in [0.25, 0.3) is 6.08 Å². The van der Waals surface area contributed by atoms with Gasteiger partial charge in [-0.05, 0) is 55.7 Å². The lowest BCUT2D eigenvalue weighted by Crippen LogP contribution is -2.14. The maximum Gasteiger partial charge on any atom is 0.266 e. The fourth-order valence-electron chi connectivity index (χ4n) is 3.19. The normalized spacial score (nSPS) is 11.1. The first-order chi connectivity index (χ1) is 14.5. The Hall–Kier alpha value is -3.06. The highest BCUT2D eigenvalue weighted by Gasteiger charge is 2.11. The van der Waals surface area contributed by atoms with E-state index in [1.807, 2.05) is 62.4 Å². The molecule has 30 heavy (non-hydrogen) atoms. The molecule has 0 heterocycles.